The second kappa shape index (κ2) is 6.17. The van der Waals surface area contributed by atoms with Crippen LogP contribution in [0.15, 0.2) is 34.8 Å². The molecule has 0 aliphatic rings. The van der Waals surface area contributed by atoms with Crippen LogP contribution in [0.25, 0.3) is 0 Å². The van der Waals surface area contributed by atoms with E-state index in [1.165, 1.54) is 13.2 Å². The molecule has 0 bridgehead atoms. The molecule has 0 aliphatic heterocycles. The van der Waals surface area contributed by atoms with E-state index in [0.29, 0.717) is 26.9 Å². The van der Waals surface area contributed by atoms with E-state index >= 15 is 0 Å². The predicted octanol–water partition coefficient (Wildman–Crippen LogP) is 5.30. The first kappa shape index (κ1) is 15.4. The number of carbonyl (C=O) groups excluding carboxylic acids is 1. The third kappa shape index (κ3) is 3.00. The second-order valence-corrected chi connectivity index (χ2v) is 5.95. The van der Waals surface area contributed by atoms with E-state index in [0.717, 1.165) is 10.0 Å². The van der Waals surface area contributed by atoms with Crippen molar-refractivity contribution < 1.29 is 9.53 Å². The molecular weight excluding hydrogens is 363 g/mol. The summed E-state index contributed by atoms with van der Waals surface area (Å²) in [6, 6.07) is 8.63. The predicted molar refractivity (Wildman–Crippen MR) is 85.3 cm³/mol. The molecule has 0 aliphatic carbocycles. The van der Waals surface area contributed by atoms with Crippen LogP contribution in [0.4, 0.5) is 0 Å². The first-order chi connectivity index (χ1) is 9.43. The topological polar surface area (TPSA) is 26.3 Å². The van der Waals surface area contributed by atoms with E-state index in [-0.39, 0.29) is 5.78 Å². The molecule has 0 spiro atoms. The Labute approximate surface area is 135 Å². The lowest BCUT2D eigenvalue weighted by Gasteiger charge is -2.10. The number of carbonyl (C=O) groups is 1. The number of ether oxygens (including phenoxy) is 1. The van der Waals surface area contributed by atoms with Crippen molar-refractivity contribution in [2.24, 2.45) is 0 Å². The Balaban J connectivity index is 2.54. The molecule has 0 heterocycles. The fraction of sp³-hybridized carbons (Fsp3) is 0.133. The average Bonchev–Trinajstić information content (AvgIpc) is 2.42. The molecule has 2 nitrogen and oxygen atoms in total. The minimum absolute atomic E-state index is 0.185. The second-order valence-electron chi connectivity index (χ2n) is 4.28. The van der Waals surface area contributed by atoms with Gasteiger partial charge < -0.3 is 4.74 Å². The zero-order valence-electron chi connectivity index (χ0n) is 10.8. The van der Waals surface area contributed by atoms with Crippen LogP contribution in [0.2, 0.25) is 10.0 Å². The molecular formula is C15H11BrCl2O2. The van der Waals surface area contributed by atoms with Gasteiger partial charge in [0.1, 0.15) is 5.75 Å². The van der Waals surface area contributed by atoms with Crippen molar-refractivity contribution in [2.45, 2.75) is 6.92 Å². The molecule has 0 N–H and O–H groups in total. The highest BCUT2D eigenvalue weighted by Gasteiger charge is 2.18. The van der Waals surface area contributed by atoms with Crippen molar-refractivity contribution in [3.8, 4) is 5.75 Å². The minimum Gasteiger partial charge on any atom is -0.495 e. The van der Waals surface area contributed by atoms with Crippen LogP contribution in [-0.4, -0.2) is 12.9 Å². The molecule has 5 heteroatoms. The summed E-state index contributed by atoms with van der Waals surface area (Å²) < 4.78 is 5.79. The maximum absolute atomic E-state index is 12.6. The normalized spacial score (nSPS) is 10.4. The van der Waals surface area contributed by atoms with Gasteiger partial charge in [0.25, 0.3) is 0 Å². The van der Waals surface area contributed by atoms with E-state index in [2.05, 4.69) is 15.9 Å². The summed E-state index contributed by atoms with van der Waals surface area (Å²) in [5, 5.41) is 0.661. The number of rotatable bonds is 3. The van der Waals surface area contributed by atoms with Crippen LogP contribution < -0.4 is 4.74 Å². The Hall–Kier alpha value is -1.03. The first-order valence-corrected chi connectivity index (χ1v) is 7.33. The molecule has 0 radical (unpaired) electrons. The summed E-state index contributed by atoms with van der Waals surface area (Å²) >= 11 is 15.6. The summed E-state index contributed by atoms with van der Waals surface area (Å²) in [5.41, 5.74) is 1.89. The number of hydrogen-bond acceptors (Lipinski definition) is 2. The first-order valence-electron chi connectivity index (χ1n) is 5.78. The van der Waals surface area contributed by atoms with Crippen LogP contribution in [0.5, 0.6) is 5.75 Å². The lowest BCUT2D eigenvalue weighted by Crippen LogP contribution is -2.04. The number of aryl methyl sites for hydroxylation is 1. The number of halogens is 3. The molecule has 0 aromatic heterocycles. The van der Waals surface area contributed by atoms with Crippen LogP contribution in [0.1, 0.15) is 21.5 Å². The zero-order valence-corrected chi connectivity index (χ0v) is 13.9. The number of methoxy groups -OCH3 is 1. The minimum atomic E-state index is -0.185. The largest absolute Gasteiger partial charge is 0.495 e. The standard InChI is InChI=1S/C15H11BrCl2O2/c1-8-3-4-11(16)9(5-8)15(19)10-6-13(18)14(20-2)7-12(10)17/h3-7H,1-2H3. The Morgan fingerprint density at radius 1 is 1.10 bits per heavy atom. The molecule has 2 aromatic carbocycles. The highest BCUT2D eigenvalue weighted by Crippen LogP contribution is 2.33. The lowest BCUT2D eigenvalue weighted by molar-refractivity contribution is 0.103. The summed E-state index contributed by atoms with van der Waals surface area (Å²) in [5.74, 6) is 0.256. The van der Waals surface area contributed by atoms with Gasteiger partial charge in [0.2, 0.25) is 0 Å². The van der Waals surface area contributed by atoms with Crippen LogP contribution >= 0.6 is 39.1 Å². The van der Waals surface area contributed by atoms with Crippen molar-refractivity contribution in [1.82, 2.24) is 0 Å². The van der Waals surface area contributed by atoms with Gasteiger partial charge in [-0.3, -0.25) is 4.79 Å². The molecule has 20 heavy (non-hydrogen) atoms. The van der Waals surface area contributed by atoms with Gasteiger partial charge in [0, 0.05) is 21.7 Å². The third-order valence-electron chi connectivity index (χ3n) is 2.85. The Kier molecular flexibility index (Phi) is 4.74. The lowest BCUT2D eigenvalue weighted by atomic mass is 10.0. The van der Waals surface area contributed by atoms with Crippen molar-refractivity contribution in [3.63, 3.8) is 0 Å². The highest BCUT2D eigenvalue weighted by molar-refractivity contribution is 9.10. The van der Waals surface area contributed by atoms with E-state index < -0.39 is 0 Å². The van der Waals surface area contributed by atoms with Gasteiger partial charge in [0.05, 0.1) is 17.2 Å². The molecule has 104 valence electrons. The quantitative estimate of drug-likeness (QED) is 0.682. The molecule has 0 saturated carbocycles. The zero-order chi connectivity index (χ0) is 14.9. The van der Waals surface area contributed by atoms with E-state index in [1.807, 2.05) is 19.1 Å². The summed E-state index contributed by atoms with van der Waals surface area (Å²) in [6.07, 6.45) is 0. The monoisotopic (exact) mass is 372 g/mol. The van der Waals surface area contributed by atoms with E-state index in [9.17, 15) is 4.79 Å². The summed E-state index contributed by atoms with van der Waals surface area (Å²) in [4.78, 5) is 12.6. The van der Waals surface area contributed by atoms with Crippen molar-refractivity contribution in [3.05, 3.63) is 61.5 Å². The fourth-order valence-corrected chi connectivity index (χ4v) is 2.72. The van der Waals surface area contributed by atoms with Gasteiger partial charge in [-0.1, -0.05) is 50.8 Å². The van der Waals surface area contributed by atoms with Gasteiger partial charge in [-0.2, -0.15) is 0 Å². The van der Waals surface area contributed by atoms with Crippen molar-refractivity contribution in [1.29, 1.82) is 0 Å². The average molecular weight is 374 g/mol. The van der Waals surface area contributed by atoms with Gasteiger partial charge in [-0.15, -0.1) is 0 Å². The Morgan fingerprint density at radius 3 is 2.45 bits per heavy atom. The summed E-state index contributed by atoms with van der Waals surface area (Å²) in [6.45, 7) is 1.92. The molecule has 0 saturated heterocycles. The van der Waals surface area contributed by atoms with Crippen molar-refractivity contribution >= 4 is 44.9 Å². The maximum Gasteiger partial charge on any atom is 0.195 e. The molecule has 2 rings (SSSR count). The maximum atomic E-state index is 12.6. The van der Waals surface area contributed by atoms with Gasteiger partial charge >= 0.3 is 0 Å². The smallest absolute Gasteiger partial charge is 0.195 e. The van der Waals surface area contributed by atoms with Gasteiger partial charge in [0.15, 0.2) is 5.78 Å². The Bertz CT molecular complexity index is 684. The SMILES string of the molecule is COc1cc(Cl)c(C(=O)c2cc(C)ccc2Br)cc1Cl. The Morgan fingerprint density at radius 2 is 1.80 bits per heavy atom. The number of benzene rings is 2. The molecule has 0 atom stereocenters. The molecule has 0 fully saturated rings. The number of ketones is 1. The third-order valence-corrected chi connectivity index (χ3v) is 4.15. The highest BCUT2D eigenvalue weighted by atomic mass is 79.9. The fourth-order valence-electron chi connectivity index (χ4n) is 1.82. The number of hydrogen-bond donors (Lipinski definition) is 0. The molecule has 2 aromatic rings. The van der Waals surface area contributed by atoms with Crippen LogP contribution in [-0.2, 0) is 0 Å². The van der Waals surface area contributed by atoms with Gasteiger partial charge in [-0.05, 0) is 25.1 Å². The summed E-state index contributed by atoms with van der Waals surface area (Å²) in [7, 11) is 1.50. The van der Waals surface area contributed by atoms with Crippen molar-refractivity contribution in [2.75, 3.05) is 7.11 Å². The molecule has 0 amide bonds. The van der Waals surface area contributed by atoms with E-state index in [1.54, 1.807) is 12.1 Å². The van der Waals surface area contributed by atoms with Gasteiger partial charge in [-0.25, -0.2) is 0 Å². The molecule has 0 unspecified atom stereocenters. The van der Waals surface area contributed by atoms with E-state index in [4.69, 9.17) is 27.9 Å². The van der Waals surface area contributed by atoms with Crippen LogP contribution in [0, 0.1) is 6.92 Å². The van der Waals surface area contributed by atoms with Crippen LogP contribution in [0.3, 0.4) is 0 Å².